The minimum Gasteiger partial charge on any atom is -0.427 e. The standard InChI is InChI=1S/C30H39N3O15P2/c1-6-18(2)28(31)32-30(38)33(5)29-27(37)26(36)25(47-29)17-42-49(39,40)48-50(41,43-15-21-7-11-23(12-8-21)45-19(3)34)44-16-22-9-13-24(14-10-22)46-20(4)35/h7-14,25-27,29,36-37H,2,6,15-17H2,1,3-5H3,(H,39,40)(H2,31,32,38). The SMILES string of the molecule is C=C(CC)C(N)=NC(=O)N(C)C1OC(COP(=O)(O)OP(=O)(OCc2ccc(OC(C)=O)cc2)OCc2ccc(OC(C)=O)cc2)C(O)C1O. The van der Waals surface area contributed by atoms with E-state index in [4.69, 9.17) is 37.8 Å². The normalized spacial score (nSPS) is 20.5. The molecule has 0 aliphatic carbocycles. The highest BCUT2D eigenvalue weighted by Crippen LogP contribution is 2.64. The summed E-state index contributed by atoms with van der Waals surface area (Å²) in [6, 6.07) is 10.7. The molecule has 50 heavy (non-hydrogen) atoms. The summed E-state index contributed by atoms with van der Waals surface area (Å²) in [4.78, 5) is 50.0. The number of phosphoric ester groups is 2. The number of carbonyl (C=O) groups excluding carboxylic acids is 3. The monoisotopic (exact) mass is 743 g/mol. The number of benzene rings is 2. The topological polar surface area (TPSA) is 252 Å². The van der Waals surface area contributed by atoms with Crippen molar-refractivity contribution in [2.24, 2.45) is 10.7 Å². The number of ether oxygens (including phenoxy) is 3. The van der Waals surface area contributed by atoms with Crippen LogP contribution in [0.5, 0.6) is 11.5 Å². The summed E-state index contributed by atoms with van der Waals surface area (Å²) in [5, 5.41) is 21.0. The summed E-state index contributed by atoms with van der Waals surface area (Å²) in [6.07, 6.45) is -5.93. The average molecular weight is 744 g/mol. The molecule has 0 aromatic heterocycles. The van der Waals surface area contributed by atoms with Crippen LogP contribution in [0.25, 0.3) is 0 Å². The number of amides is 2. The molecule has 2 amide bonds. The zero-order valence-corrected chi connectivity index (χ0v) is 29.4. The number of hydrogen-bond acceptors (Lipinski definition) is 14. The second-order valence-corrected chi connectivity index (χ2v) is 14.0. The van der Waals surface area contributed by atoms with Gasteiger partial charge in [-0.1, -0.05) is 37.8 Å². The number of nitrogens with zero attached hydrogens (tertiary/aromatic N) is 2. The maximum absolute atomic E-state index is 13.7. The van der Waals surface area contributed by atoms with Crippen molar-refractivity contribution < 1.29 is 70.7 Å². The van der Waals surface area contributed by atoms with Crippen LogP contribution in [0.2, 0.25) is 0 Å². The van der Waals surface area contributed by atoms with Gasteiger partial charge in [-0.3, -0.25) is 28.1 Å². The van der Waals surface area contributed by atoms with Gasteiger partial charge >= 0.3 is 33.6 Å². The number of likely N-dealkylation sites (N-methyl/N-ethyl adjacent to an activating group) is 1. The molecule has 20 heteroatoms. The Morgan fingerprint density at radius 3 is 1.82 bits per heavy atom. The van der Waals surface area contributed by atoms with Crippen molar-refractivity contribution in [1.82, 2.24) is 4.90 Å². The van der Waals surface area contributed by atoms with E-state index in [-0.39, 0.29) is 17.3 Å². The number of hydrogen-bond donors (Lipinski definition) is 4. The van der Waals surface area contributed by atoms with Crippen LogP contribution in [-0.4, -0.2) is 82.0 Å². The van der Waals surface area contributed by atoms with Gasteiger partial charge in [0.2, 0.25) is 0 Å². The quantitative estimate of drug-likeness (QED) is 0.0632. The number of urea groups is 1. The Labute approximate surface area is 287 Å². The fourth-order valence-electron chi connectivity index (χ4n) is 4.09. The molecule has 18 nitrogen and oxygen atoms in total. The van der Waals surface area contributed by atoms with Crippen LogP contribution in [0.15, 0.2) is 65.7 Å². The Morgan fingerprint density at radius 2 is 1.38 bits per heavy atom. The molecule has 3 rings (SSSR count). The summed E-state index contributed by atoms with van der Waals surface area (Å²) in [5.41, 5.74) is 6.88. The molecule has 1 fully saturated rings. The minimum atomic E-state index is -5.33. The van der Waals surface area contributed by atoms with Crippen LogP contribution in [-0.2, 0) is 54.6 Å². The van der Waals surface area contributed by atoms with E-state index in [1.54, 1.807) is 6.92 Å². The molecule has 0 bridgehead atoms. The zero-order valence-electron chi connectivity index (χ0n) is 27.6. The molecule has 5 atom stereocenters. The number of esters is 2. The summed E-state index contributed by atoms with van der Waals surface area (Å²) in [5.74, 6) is -0.784. The zero-order chi connectivity index (χ0) is 37.2. The fraction of sp³-hybridized carbons (Fsp3) is 0.400. The third-order valence-corrected chi connectivity index (χ3v) is 9.77. The van der Waals surface area contributed by atoms with Crippen molar-refractivity contribution in [2.45, 2.75) is 64.9 Å². The predicted octanol–water partition coefficient (Wildman–Crippen LogP) is 3.33. The first-order valence-corrected chi connectivity index (χ1v) is 17.8. The van der Waals surface area contributed by atoms with Gasteiger partial charge in [0.05, 0.1) is 19.8 Å². The number of amidine groups is 1. The third-order valence-electron chi connectivity index (χ3n) is 6.78. The maximum Gasteiger partial charge on any atom is 0.484 e. The van der Waals surface area contributed by atoms with Gasteiger partial charge in [0.1, 0.15) is 35.6 Å². The first-order chi connectivity index (χ1) is 23.4. The van der Waals surface area contributed by atoms with Crippen molar-refractivity contribution in [2.75, 3.05) is 13.7 Å². The van der Waals surface area contributed by atoms with Crippen LogP contribution in [0.3, 0.4) is 0 Å². The number of phosphoric acid groups is 2. The number of aliphatic hydroxyl groups is 2. The highest BCUT2D eigenvalue weighted by molar-refractivity contribution is 7.61. The molecule has 0 spiro atoms. The molecule has 5 unspecified atom stereocenters. The Hall–Kier alpha value is -3.80. The smallest absolute Gasteiger partial charge is 0.427 e. The Bertz CT molecular complexity index is 1580. The van der Waals surface area contributed by atoms with E-state index in [2.05, 4.69) is 11.6 Å². The van der Waals surface area contributed by atoms with Crippen molar-refractivity contribution in [3.63, 3.8) is 0 Å². The van der Waals surface area contributed by atoms with Crippen LogP contribution in [0, 0.1) is 0 Å². The van der Waals surface area contributed by atoms with E-state index in [0.717, 1.165) is 4.90 Å². The lowest BCUT2D eigenvalue weighted by Crippen LogP contribution is -2.44. The largest absolute Gasteiger partial charge is 0.484 e. The molecule has 1 aliphatic heterocycles. The summed E-state index contributed by atoms with van der Waals surface area (Å²) in [7, 11) is -9.05. The molecule has 5 N–H and O–H groups in total. The van der Waals surface area contributed by atoms with Gasteiger partial charge < -0.3 is 35.1 Å². The van der Waals surface area contributed by atoms with E-state index in [0.29, 0.717) is 23.1 Å². The Balaban J connectivity index is 1.71. The van der Waals surface area contributed by atoms with Crippen LogP contribution in [0.1, 0.15) is 38.3 Å². The van der Waals surface area contributed by atoms with Gasteiger partial charge in [0.15, 0.2) is 6.23 Å². The minimum absolute atomic E-state index is 0.137. The van der Waals surface area contributed by atoms with Crippen molar-refractivity contribution in [1.29, 1.82) is 0 Å². The van der Waals surface area contributed by atoms with Crippen molar-refractivity contribution >= 4 is 39.5 Å². The number of carbonyl (C=O) groups is 3. The van der Waals surface area contributed by atoms with Gasteiger partial charge in [0.25, 0.3) is 0 Å². The molecule has 2 aromatic carbocycles. The summed E-state index contributed by atoms with van der Waals surface area (Å²) >= 11 is 0. The highest BCUT2D eigenvalue weighted by atomic mass is 31.3. The van der Waals surface area contributed by atoms with Gasteiger partial charge in [-0.05, 0) is 47.4 Å². The molecule has 0 radical (unpaired) electrons. The second kappa shape index (κ2) is 17.9. The lowest BCUT2D eigenvalue weighted by atomic mass is 10.1. The highest BCUT2D eigenvalue weighted by Gasteiger charge is 2.47. The van der Waals surface area contributed by atoms with Crippen LogP contribution < -0.4 is 15.2 Å². The van der Waals surface area contributed by atoms with Gasteiger partial charge in [-0.2, -0.15) is 9.30 Å². The molecule has 2 aromatic rings. The number of nitrogens with two attached hydrogens (primary N) is 1. The average Bonchev–Trinajstić information content (AvgIpc) is 3.34. The molecular formula is C30H39N3O15P2. The molecule has 0 saturated carbocycles. The van der Waals surface area contributed by atoms with Gasteiger partial charge in [-0.25, -0.2) is 13.9 Å². The van der Waals surface area contributed by atoms with E-state index < -0.39 is 78.0 Å². The van der Waals surface area contributed by atoms with Gasteiger partial charge in [-0.15, -0.1) is 0 Å². The van der Waals surface area contributed by atoms with E-state index in [1.807, 2.05) is 0 Å². The maximum atomic E-state index is 13.7. The lowest BCUT2D eigenvalue weighted by Gasteiger charge is -2.25. The number of aliphatic imine (C=N–C) groups is 1. The Morgan fingerprint density at radius 1 is 0.900 bits per heavy atom. The third kappa shape index (κ3) is 12.2. The molecular weight excluding hydrogens is 704 g/mol. The van der Waals surface area contributed by atoms with Gasteiger partial charge in [0, 0.05) is 20.9 Å². The van der Waals surface area contributed by atoms with Crippen LogP contribution in [0.4, 0.5) is 4.79 Å². The second-order valence-electron chi connectivity index (χ2n) is 10.7. The van der Waals surface area contributed by atoms with E-state index >= 15 is 0 Å². The number of aliphatic hydroxyl groups excluding tert-OH is 2. The fourth-order valence-corrected chi connectivity index (χ4v) is 6.69. The summed E-state index contributed by atoms with van der Waals surface area (Å²) < 4.78 is 62.6. The first kappa shape index (κ1) is 40.6. The molecule has 274 valence electrons. The molecule has 1 saturated heterocycles. The van der Waals surface area contributed by atoms with Crippen molar-refractivity contribution in [3.05, 3.63) is 71.8 Å². The lowest BCUT2D eigenvalue weighted by molar-refractivity contribution is -0.132. The summed E-state index contributed by atoms with van der Waals surface area (Å²) in [6.45, 7) is 6.04. The molecule has 1 aliphatic rings. The van der Waals surface area contributed by atoms with Crippen molar-refractivity contribution in [3.8, 4) is 11.5 Å². The van der Waals surface area contributed by atoms with E-state index in [9.17, 15) is 38.6 Å². The predicted molar refractivity (Wildman–Crippen MR) is 174 cm³/mol. The van der Waals surface area contributed by atoms with Crippen LogP contribution >= 0.6 is 15.6 Å². The Kier molecular flexibility index (Phi) is 14.6. The number of rotatable bonds is 16. The van der Waals surface area contributed by atoms with E-state index in [1.165, 1.54) is 69.4 Å². The first-order valence-electron chi connectivity index (χ1n) is 14.8. The molecule has 1 heterocycles.